The molecule has 0 aromatic carbocycles. The summed E-state index contributed by atoms with van der Waals surface area (Å²) in [5.74, 6) is 5.32. The topological polar surface area (TPSA) is 55.1 Å². The first-order valence-corrected chi connectivity index (χ1v) is 7.19. The van der Waals surface area contributed by atoms with Gasteiger partial charge in [0.2, 0.25) is 5.91 Å². The SMILES string of the molecule is CC12CC3(C)CC(C)(C1)CC(CC(=O)NN)(C2)C3. The van der Waals surface area contributed by atoms with E-state index >= 15 is 0 Å². The molecule has 102 valence electrons. The van der Waals surface area contributed by atoms with E-state index in [-0.39, 0.29) is 11.3 Å². The zero-order chi connectivity index (χ0) is 13.2. The van der Waals surface area contributed by atoms with Gasteiger partial charge in [-0.05, 0) is 60.2 Å². The van der Waals surface area contributed by atoms with Crippen LogP contribution in [0, 0.1) is 21.7 Å². The number of hydrogen-bond acceptors (Lipinski definition) is 2. The first-order valence-electron chi connectivity index (χ1n) is 7.19. The number of hydrazine groups is 1. The minimum absolute atomic E-state index is 0.0211. The van der Waals surface area contributed by atoms with Crippen LogP contribution in [0.2, 0.25) is 0 Å². The van der Waals surface area contributed by atoms with Crippen LogP contribution in [0.25, 0.3) is 0 Å². The van der Waals surface area contributed by atoms with Crippen molar-refractivity contribution < 1.29 is 4.79 Å². The van der Waals surface area contributed by atoms with Gasteiger partial charge in [0.25, 0.3) is 0 Å². The second-order valence-corrected chi connectivity index (χ2v) is 8.74. The van der Waals surface area contributed by atoms with Crippen molar-refractivity contribution in [3.05, 3.63) is 0 Å². The molecule has 3 heteroatoms. The van der Waals surface area contributed by atoms with E-state index in [1.807, 2.05) is 0 Å². The van der Waals surface area contributed by atoms with E-state index < -0.39 is 0 Å². The minimum Gasteiger partial charge on any atom is -0.294 e. The van der Waals surface area contributed by atoms with E-state index in [4.69, 9.17) is 5.84 Å². The smallest absolute Gasteiger partial charge is 0.234 e. The van der Waals surface area contributed by atoms with Crippen molar-refractivity contribution in [3.63, 3.8) is 0 Å². The lowest BCUT2D eigenvalue weighted by molar-refractivity contribution is -0.187. The summed E-state index contributed by atoms with van der Waals surface area (Å²) >= 11 is 0. The molecule has 0 spiro atoms. The number of nitrogens with two attached hydrogens (primary N) is 1. The Bertz CT molecular complexity index is 350. The molecule has 4 bridgehead atoms. The number of amides is 1. The standard InChI is InChI=1S/C15H26N2O/c1-12-5-13(2)7-14(3,6-12)10-15(8-12,9-13)4-11(18)17-16/h4-10,16H2,1-3H3,(H,17,18). The molecule has 4 aliphatic rings. The van der Waals surface area contributed by atoms with Crippen molar-refractivity contribution in [1.29, 1.82) is 0 Å². The van der Waals surface area contributed by atoms with Gasteiger partial charge in [0.15, 0.2) is 0 Å². The van der Waals surface area contributed by atoms with Gasteiger partial charge in [-0.1, -0.05) is 20.8 Å². The van der Waals surface area contributed by atoms with Gasteiger partial charge in [-0.3, -0.25) is 10.2 Å². The fourth-order valence-corrected chi connectivity index (χ4v) is 7.14. The second kappa shape index (κ2) is 3.30. The number of carbonyl (C=O) groups excluding carboxylic acids is 1. The molecule has 4 rings (SSSR count). The summed E-state index contributed by atoms with van der Waals surface area (Å²) in [4.78, 5) is 11.8. The first-order chi connectivity index (χ1) is 8.20. The average molecular weight is 250 g/mol. The van der Waals surface area contributed by atoms with Gasteiger partial charge in [-0.2, -0.15) is 0 Å². The van der Waals surface area contributed by atoms with E-state index in [1.165, 1.54) is 38.5 Å². The third-order valence-corrected chi connectivity index (χ3v) is 5.66. The fraction of sp³-hybridized carbons (Fsp3) is 0.933. The Morgan fingerprint density at radius 2 is 1.33 bits per heavy atom. The molecule has 0 heterocycles. The van der Waals surface area contributed by atoms with Crippen LogP contribution in [0.4, 0.5) is 0 Å². The van der Waals surface area contributed by atoms with Crippen LogP contribution in [0.3, 0.4) is 0 Å². The molecule has 0 aliphatic heterocycles. The monoisotopic (exact) mass is 250 g/mol. The van der Waals surface area contributed by atoms with E-state index in [2.05, 4.69) is 26.2 Å². The molecule has 0 aromatic heterocycles. The van der Waals surface area contributed by atoms with Gasteiger partial charge < -0.3 is 0 Å². The minimum atomic E-state index is 0.0211. The Balaban J connectivity index is 1.95. The summed E-state index contributed by atoms with van der Waals surface area (Å²) in [5.41, 5.74) is 3.91. The maximum absolute atomic E-state index is 11.8. The molecule has 4 aliphatic carbocycles. The highest BCUT2D eigenvalue weighted by Gasteiger charge is 2.64. The molecular weight excluding hydrogens is 224 g/mol. The summed E-state index contributed by atoms with van der Waals surface area (Å²) in [6, 6.07) is 0. The summed E-state index contributed by atoms with van der Waals surface area (Å²) in [5, 5.41) is 0. The molecule has 0 unspecified atom stereocenters. The lowest BCUT2D eigenvalue weighted by atomic mass is 9.36. The molecule has 0 radical (unpaired) electrons. The van der Waals surface area contributed by atoms with Gasteiger partial charge in [-0.15, -0.1) is 0 Å². The van der Waals surface area contributed by atoms with Gasteiger partial charge in [0.1, 0.15) is 0 Å². The van der Waals surface area contributed by atoms with Crippen LogP contribution < -0.4 is 11.3 Å². The lowest BCUT2D eigenvalue weighted by Crippen LogP contribution is -2.59. The summed E-state index contributed by atoms with van der Waals surface area (Å²) in [6.45, 7) is 7.32. The van der Waals surface area contributed by atoms with Crippen LogP contribution in [0.15, 0.2) is 0 Å². The molecule has 18 heavy (non-hydrogen) atoms. The highest BCUT2D eigenvalue weighted by molar-refractivity contribution is 5.76. The third-order valence-electron chi connectivity index (χ3n) is 5.66. The van der Waals surface area contributed by atoms with Crippen molar-refractivity contribution in [2.75, 3.05) is 0 Å². The Kier molecular flexibility index (Phi) is 2.28. The van der Waals surface area contributed by atoms with Crippen LogP contribution in [-0.4, -0.2) is 5.91 Å². The molecule has 3 N–H and O–H groups in total. The molecule has 3 nitrogen and oxygen atoms in total. The van der Waals surface area contributed by atoms with Crippen LogP contribution in [-0.2, 0) is 4.79 Å². The normalized spacial score (nSPS) is 53.6. The highest BCUT2D eigenvalue weighted by atomic mass is 16.2. The zero-order valence-corrected chi connectivity index (χ0v) is 11.9. The Morgan fingerprint density at radius 1 is 0.944 bits per heavy atom. The van der Waals surface area contributed by atoms with Gasteiger partial charge in [0.05, 0.1) is 0 Å². The quantitative estimate of drug-likeness (QED) is 0.450. The highest BCUT2D eigenvalue weighted by Crippen LogP contribution is 2.74. The molecule has 1 amide bonds. The largest absolute Gasteiger partial charge is 0.294 e. The van der Waals surface area contributed by atoms with E-state index in [9.17, 15) is 4.79 Å². The van der Waals surface area contributed by atoms with Gasteiger partial charge in [0, 0.05) is 6.42 Å². The van der Waals surface area contributed by atoms with Gasteiger partial charge >= 0.3 is 0 Å². The first kappa shape index (κ1) is 12.5. The number of carbonyl (C=O) groups is 1. The van der Waals surface area contributed by atoms with E-state index in [0.717, 1.165) is 0 Å². The van der Waals surface area contributed by atoms with Crippen molar-refractivity contribution in [3.8, 4) is 0 Å². The maximum Gasteiger partial charge on any atom is 0.234 e. The zero-order valence-electron chi connectivity index (χ0n) is 11.9. The second-order valence-electron chi connectivity index (χ2n) is 8.74. The van der Waals surface area contributed by atoms with Crippen LogP contribution in [0.1, 0.15) is 65.7 Å². The lowest BCUT2D eigenvalue weighted by Gasteiger charge is -2.69. The average Bonchev–Trinajstić information content (AvgIpc) is 2.08. The molecule has 0 saturated heterocycles. The van der Waals surface area contributed by atoms with Crippen molar-refractivity contribution in [2.45, 2.75) is 65.7 Å². The maximum atomic E-state index is 11.8. The predicted molar refractivity (Wildman–Crippen MR) is 71.4 cm³/mol. The van der Waals surface area contributed by atoms with E-state index in [0.29, 0.717) is 22.7 Å². The third kappa shape index (κ3) is 1.78. The number of nitrogens with one attached hydrogen (secondary N) is 1. The Labute approximate surface area is 110 Å². The number of rotatable bonds is 2. The molecular formula is C15H26N2O. The van der Waals surface area contributed by atoms with Crippen molar-refractivity contribution >= 4 is 5.91 Å². The molecule has 0 atom stereocenters. The summed E-state index contributed by atoms with van der Waals surface area (Å²) in [6.07, 6.45) is 8.34. The fourth-order valence-electron chi connectivity index (χ4n) is 7.14. The van der Waals surface area contributed by atoms with Gasteiger partial charge in [-0.25, -0.2) is 5.84 Å². The molecule has 0 aromatic rings. The van der Waals surface area contributed by atoms with Crippen LogP contribution in [0.5, 0.6) is 0 Å². The molecule has 4 saturated carbocycles. The summed E-state index contributed by atoms with van der Waals surface area (Å²) in [7, 11) is 0. The van der Waals surface area contributed by atoms with E-state index in [1.54, 1.807) is 0 Å². The Morgan fingerprint density at radius 3 is 1.67 bits per heavy atom. The van der Waals surface area contributed by atoms with Crippen molar-refractivity contribution in [1.82, 2.24) is 5.43 Å². The number of hydrogen-bond donors (Lipinski definition) is 2. The molecule has 4 fully saturated rings. The predicted octanol–water partition coefficient (Wildman–Crippen LogP) is 2.75. The van der Waals surface area contributed by atoms with Crippen LogP contribution >= 0.6 is 0 Å². The van der Waals surface area contributed by atoms with Crippen molar-refractivity contribution in [2.24, 2.45) is 27.5 Å². The summed E-state index contributed by atoms with van der Waals surface area (Å²) < 4.78 is 0. The Hall–Kier alpha value is -0.570.